The molecule has 0 aromatic heterocycles. The number of benzene rings is 2. The Kier molecular flexibility index (Phi) is 4.93. The van der Waals surface area contributed by atoms with Crippen molar-refractivity contribution in [3.8, 4) is 0 Å². The van der Waals surface area contributed by atoms with Gasteiger partial charge in [-0.3, -0.25) is 10.1 Å². The van der Waals surface area contributed by atoms with Crippen molar-refractivity contribution in [2.24, 2.45) is 0 Å². The van der Waals surface area contributed by atoms with Crippen molar-refractivity contribution in [2.75, 3.05) is 0 Å². The van der Waals surface area contributed by atoms with E-state index < -0.39 is 10.9 Å². The Morgan fingerprint density at radius 1 is 1.29 bits per heavy atom. The van der Waals surface area contributed by atoms with Gasteiger partial charge < -0.3 is 4.74 Å². The van der Waals surface area contributed by atoms with E-state index in [2.05, 4.69) is 15.9 Å². The molecule has 21 heavy (non-hydrogen) atoms. The second-order valence-electron chi connectivity index (χ2n) is 4.09. The Morgan fingerprint density at radius 2 is 2.00 bits per heavy atom. The average molecular weight is 371 g/mol. The minimum atomic E-state index is -0.639. The van der Waals surface area contributed by atoms with Gasteiger partial charge >= 0.3 is 5.97 Å². The van der Waals surface area contributed by atoms with Crippen molar-refractivity contribution >= 4 is 39.2 Å². The number of para-hydroxylation sites is 1. The summed E-state index contributed by atoms with van der Waals surface area (Å²) in [6.07, 6.45) is 0. The summed E-state index contributed by atoms with van der Waals surface area (Å²) in [5.41, 5.74) is 0.428. The number of carbonyl (C=O) groups excluding carboxylic acids is 1. The number of nitrogens with zero attached hydrogens (tertiary/aromatic N) is 1. The molecule has 0 heterocycles. The molecule has 0 saturated carbocycles. The normalized spacial score (nSPS) is 10.2. The van der Waals surface area contributed by atoms with E-state index in [0.717, 1.165) is 0 Å². The molecule has 2 aromatic carbocycles. The SMILES string of the molecule is O=C(OCc1ccccc1[N+](=O)[O-])c1cc(Br)ccc1Cl. The molecule has 0 amide bonds. The molecule has 2 aromatic rings. The summed E-state index contributed by atoms with van der Waals surface area (Å²) < 4.78 is 5.78. The molecule has 0 radical (unpaired) electrons. The van der Waals surface area contributed by atoms with E-state index in [0.29, 0.717) is 10.0 Å². The summed E-state index contributed by atoms with van der Waals surface area (Å²) in [6, 6.07) is 10.9. The lowest BCUT2D eigenvalue weighted by molar-refractivity contribution is -0.385. The predicted octanol–water partition coefficient (Wildman–Crippen LogP) is 4.37. The van der Waals surface area contributed by atoms with Gasteiger partial charge in [0.2, 0.25) is 0 Å². The van der Waals surface area contributed by atoms with E-state index >= 15 is 0 Å². The predicted molar refractivity (Wildman–Crippen MR) is 81.4 cm³/mol. The highest BCUT2D eigenvalue weighted by Gasteiger charge is 2.16. The Bertz CT molecular complexity index is 705. The number of carbonyl (C=O) groups is 1. The topological polar surface area (TPSA) is 69.4 Å². The number of esters is 1. The van der Waals surface area contributed by atoms with Crippen molar-refractivity contribution in [1.29, 1.82) is 0 Å². The molecule has 2 rings (SSSR count). The highest BCUT2D eigenvalue weighted by atomic mass is 79.9. The van der Waals surface area contributed by atoms with Crippen LogP contribution in [0.15, 0.2) is 46.9 Å². The third-order valence-corrected chi connectivity index (χ3v) is 3.52. The van der Waals surface area contributed by atoms with Crippen LogP contribution in [-0.2, 0) is 11.3 Å². The summed E-state index contributed by atoms with van der Waals surface area (Å²) in [4.78, 5) is 22.3. The molecule has 5 nitrogen and oxygen atoms in total. The van der Waals surface area contributed by atoms with Crippen LogP contribution in [0.25, 0.3) is 0 Å². The summed E-state index contributed by atoms with van der Waals surface area (Å²) in [7, 11) is 0. The van der Waals surface area contributed by atoms with Crippen LogP contribution < -0.4 is 0 Å². The van der Waals surface area contributed by atoms with Gasteiger partial charge in [0.15, 0.2) is 0 Å². The fourth-order valence-corrected chi connectivity index (χ4v) is 2.24. The van der Waals surface area contributed by atoms with Gasteiger partial charge in [0.1, 0.15) is 6.61 Å². The van der Waals surface area contributed by atoms with Crippen molar-refractivity contribution in [3.05, 3.63) is 73.2 Å². The van der Waals surface area contributed by atoms with Crippen LogP contribution >= 0.6 is 27.5 Å². The van der Waals surface area contributed by atoms with E-state index in [-0.39, 0.29) is 22.9 Å². The van der Waals surface area contributed by atoms with Gasteiger partial charge in [-0.05, 0) is 24.3 Å². The Balaban J connectivity index is 2.15. The number of nitro groups is 1. The van der Waals surface area contributed by atoms with Crippen LogP contribution in [0.1, 0.15) is 15.9 Å². The third kappa shape index (κ3) is 3.80. The lowest BCUT2D eigenvalue weighted by Gasteiger charge is -2.07. The number of nitro benzene ring substituents is 1. The number of halogens is 2. The van der Waals surface area contributed by atoms with E-state index in [4.69, 9.17) is 16.3 Å². The maximum Gasteiger partial charge on any atom is 0.340 e. The lowest BCUT2D eigenvalue weighted by atomic mass is 10.2. The minimum absolute atomic E-state index is 0.0920. The van der Waals surface area contributed by atoms with Crippen LogP contribution in [0.4, 0.5) is 5.69 Å². The molecule has 0 fully saturated rings. The van der Waals surface area contributed by atoms with Crippen LogP contribution in [0.3, 0.4) is 0 Å². The third-order valence-electron chi connectivity index (χ3n) is 2.70. The van der Waals surface area contributed by atoms with Gasteiger partial charge in [-0.1, -0.05) is 39.7 Å². The van der Waals surface area contributed by atoms with Crippen LogP contribution in [0, 0.1) is 10.1 Å². The molecule has 0 saturated heterocycles. The van der Waals surface area contributed by atoms with Crippen LogP contribution in [-0.4, -0.2) is 10.9 Å². The first kappa shape index (κ1) is 15.5. The molecule has 0 aliphatic carbocycles. The molecule has 0 atom stereocenters. The van der Waals surface area contributed by atoms with Gasteiger partial charge in [-0.25, -0.2) is 4.79 Å². The summed E-state index contributed by atoms with van der Waals surface area (Å²) in [5.74, 6) is -0.639. The number of rotatable bonds is 4. The van der Waals surface area contributed by atoms with E-state index in [1.165, 1.54) is 18.2 Å². The Hall–Kier alpha value is -1.92. The quantitative estimate of drug-likeness (QED) is 0.455. The first-order valence-corrected chi connectivity index (χ1v) is 7.00. The van der Waals surface area contributed by atoms with Crippen LogP contribution in [0.5, 0.6) is 0 Å². The Labute approximate surface area is 133 Å². The number of ether oxygens (including phenoxy) is 1. The van der Waals surface area contributed by atoms with Crippen LogP contribution in [0.2, 0.25) is 5.02 Å². The minimum Gasteiger partial charge on any atom is -0.457 e. The zero-order chi connectivity index (χ0) is 15.4. The van der Waals surface area contributed by atoms with Gasteiger partial charge in [0.05, 0.1) is 21.1 Å². The molecule has 108 valence electrons. The molecule has 0 bridgehead atoms. The highest BCUT2D eigenvalue weighted by Crippen LogP contribution is 2.23. The van der Waals surface area contributed by atoms with Crippen molar-refractivity contribution < 1.29 is 14.5 Å². The standard InChI is InChI=1S/C14H9BrClNO4/c15-10-5-6-12(16)11(7-10)14(18)21-8-9-3-1-2-4-13(9)17(19)20/h1-7H,8H2. The maximum atomic E-state index is 12.0. The fourth-order valence-electron chi connectivity index (χ4n) is 1.69. The van der Waals surface area contributed by atoms with Gasteiger partial charge in [0.25, 0.3) is 5.69 Å². The molecular formula is C14H9BrClNO4. The van der Waals surface area contributed by atoms with Crippen molar-refractivity contribution in [2.45, 2.75) is 6.61 Å². The average Bonchev–Trinajstić information content (AvgIpc) is 2.47. The molecule has 0 spiro atoms. The van der Waals surface area contributed by atoms with E-state index in [1.807, 2.05) is 0 Å². The molecule has 0 aliphatic heterocycles. The zero-order valence-electron chi connectivity index (χ0n) is 10.6. The largest absolute Gasteiger partial charge is 0.457 e. The maximum absolute atomic E-state index is 12.0. The van der Waals surface area contributed by atoms with Gasteiger partial charge in [-0.2, -0.15) is 0 Å². The van der Waals surface area contributed by atoms with Crippen molar-refractivity contribution in [1.82, 2.24) is 0 Å². The van der Waals surface area contributed by atoms with E-state index in [1.54, 1.807) is 24.3 Å². The van der Waals surface area contributed by atoms with Gasteiger partial charge in [0, 0.05) is 10.5 Å². The van der Waals surface area contributed by atoms with Gasteiger partial charge in [-0.15, -0.1) is 0 Å². The van der Waals surface area contributed by atoms with Crippen molar-refractivity contribution in [3.63, 3.8) is 0 Å². The fraction of sp³-hybridized carbons (Fsp3) is 0.0714. The molecule has 0 unspecified atom stereocenters. The second kappa shape index (κ2) is 6.69. The summed E-state index contributed by atoms with van der Waals surface area (Å²) in [6.45, 7) is -0.196. The summed E-state index contributed by atoms with van der Waals surface area (Å²) in [5, 5.41) is 11.1. The smallest absolute Gasteiger partial charge is 0.340 e. The zero-order valence-corrected chi connectivity index (χ0v) is 12.9. The molecule has 0 aliphatic rings. The summed E-state index contributed by atoms with van der Waals surface area (Å²) >= 11 is 9.16. The number of hydrogen-bond donors (Lipinski definition) is 0. The Morgan fingerprint density at radius 3 is 2.71 bits per heavy atom. The molecular weight excluding hydrogens is 362 g/mol. The highest BCUT2D eigenvalue weighted by molar-refractivity contribution is 9.10. The van der Waals surface area contributed by atoms with E-state index in [9.17, 15) is 14.9 Å². The lowest BCUT2D eigenvalue weighted by Crippen LogP contribution is -2.07. The molecule has 7 heteroatoms. The first-order valence-electron chi connectivity index (χ1n) is 5.83. The monoisotopic (exact) mass is 369 g/mol. The molecule has 0 N–H and O–H groups in total. The second-order valence-corrected chi connectivity index (χ2v) is 5.41. The number of hydrogen-bond acceptors (Lipinski definition) is 4. The first-order chi connectivity index (χ1) is 9.99.